The van der Waals surface area contributed by atoms with Crippen LogP contribution < -0.4 is 10.1 Å². The minimum atomic E-state index is -3.50. The molecule has 1 aromatic rings. The molecule has 25 heavy (non-hydrogen) atoms. The zero-order chi connectivity index (χ0) is 18.6. The van der Waals surface area contributed by atoms with Crippen molar-refractivity contribution in [3.8, 4) is 5.75 Å². The second kappa shape index (κ2) is 8.16. The highest BCUT2D eigenvalue weighted by atomic mass is 32.2. The molecule has 1 fully saturated rings. The van der Waals surface area contributed by atoms with Gasteiger partial charge < -0.3 is 10.1 Å². The summed E-state index contributed by atoms with van der Waals surface area (Å²) in [4.78, 5) is 12.6. The molecule has 1 aliphatic heterocycles. The molecule has 0 bridgehead atoms. The van der Waals surface area contributed by atoms with E-state index in [1.807, 2.05) is 26.0 Å². The van der Waals surface area contributed by atoms with E-state index in [0.717, 1.165) is 0 Å². The molecule has 1 unspecified atom stereocenters. The van der Waals surface area contributed by atoms with Gasteiger partial charge in [0.25, 0.3) is 10.2 Å². The van der Waals surface area contributed by atoms with Crippen LogP contribution in [0.25, 0.3) is 0 Å². The number of rotatable bonds is 6. The first kappa shape index (κ1) is 19.7. The maximum atomic E-state index is 12.6. The molecular formula is C17H27N3O4S. The van der Waals surface area contributed by atoms with Crippen LogP contribution in [0.3, 0.4) is 0 Å². The first-order chi connectivity index (χ1) is 11.7. The molecule has 0 spiro atoms. The molecule has 1 N–H and O–H groups in total. The van der Waals surface area contributed by atoms with Crippen molar-refractivity contribution in [1.82, 2.24) is 8.61 Å². The van der Waals surface area contributed by atoms with Gasteiger partial charge >= 0.3 is 0 Å². The monoisotopic (exact) mass is 369 g/mol. The van der Waals surface area contributed by atoms with Gasteiger partial charge in [0.2, 0.25) is 5.91 Å². The summed E-state index contributed by atoms with van der Waals surface area (Å²) in [6, 6.07) is 7.26. The Bertz CT molecular complexity index is 704. The summed E-state index contributed by atoms with van der Waals surface area (Å²) in [6.45, 7) is 4.48. The average molecular weight is 369 g/mol. The first-order valence-electron chi connectivity index (χ1n) is 8.46. The number of anilines is 1. The fraction of sp³-hybridized carbons (Fsp3) is 0.588. The van der Waals surface area contributed by atoms with Crippen LogP contribution >= 0.6 is 0 Å². The van der Waals surface area contributed by atoms with E-state index in [0.29, 0.717) is 30.8 Å². The number of benzene rings is 1. The van der Waals surface area contributed by atoms with Gasteiger partial charge in [-0.2, -0.15) is 17.0 Å². The van der Waals surface area contributed by atoms with Crippen molar-refractivity contribution in [2.45, 2.75) is 32.8 Å². The topological polar surface area (TPSA) is 79.0 Å². The summed E-state index contributed by atoms with van der Waals surface area (Å²) in [7, 11) is -0.504. The van der Waals surface area contributed by atoms with Crippen molar-refractivity contribution in [3.05, 3.63) is 24.3 Å². The predicted octanol–water partition coefficient (Wildman–Crippen LogP) is 1.93. The van der Waals surface area contributed by atoms with E-state index in [2.05, 4.69) is 5.32 Å². The molecule has 0 aromatic heterocycles. The van der Waals surface area contributed by atoms with Crippen molar-refractivity contribution < 1.29 is 17.9 Å². The van der Waals surface area contributed by atoms with E-state index in [4.69, 9.17) is 4.74 Å². The van der Waals surface area contributed by atoms with Crippen LogP contribution in [0.5, 0.6) is 5.75 Å². The number of amides is 1. The van der Waals surface area contributed by atoms with E-state index < -0.39 is 10.2 Å². The van der Waals surface area contributed by atoms with Crippen molar-refractivity contribution in [2.24, 2.45) is 5.92 Å². The first-order valence-corrected chi connectivity index (χ1v) is 9.85. The summed E-state index contributed by atoms with van der Waals surface area (Å²) < 4.78 is 32.8. The predicted molar refractivity (Wildman–Crippen MR) is 97.7 cm³/mol. The second-order valence-electron chi connectivity index (χ2n) is 6.64. The Morgan fingerprint density at radius 1 is 1.32 bits per heavy atom. The molecule has 1 saturated heterocycles. The number of piperidine rings is 1. The molecule has 140 valence electrons. The minimum Gasteiger partial charge on any atom is -0.489 e. The van der Waals surface area contributed by atoms with Crippen LogP contribution in [0.1, 0.15) is 26.7 Å². The molecule has 7 nitrogen and oxygen atoms in total. The summed E-state index contributed by atoms with van der Waals surface area (Å²) in [5.41, 5.74) is 0.605. The van der Waals surface area contributed by atoms with Gasteiger partial charge in [-0.3, -0.25) is 4.79 Å². The number of para-hydroxylation sites is 2. The van der Waals surface area contributed by atoms with Crippen LogP contribution in [-0.4, -0.2) is 56.2 Å². The third-order valence-electron chi connectivity index (χ3n) is 4.05. The van der Waals surface area contributed by atoms with Crippen molar-refractivity contribution >= 4 is 21.8 Å². The zero-order valence-corrected chi connectivity index (χ0v) is 16.0. The second-order valence-corrected chi connectivity index (χ2v) is 8.78. The summed E-state index contributed by atoms with van der Waals surface area (Å²) >= 11 is 0. The maximum absolute atomic E-state index is 12.6. The van der Waals surface area contributed by atoms with Crippen LogP contribution in [0.15, 0.2) is 24.3 Å². The minimum absolute atomic E-state index is 0.00606. The highest BCUT2D eigenvalue weighted by Crippen LogP contribution is 2.27. The average Bonchev–Trinajstić information content (AvgIpc) is 2.56. The number of carbonyl (C=O) groups is 1. The fourth-order valence-corrected chi connectivity index (χ4v) is 3.95. The lowest BCUT2D eigenvalue weighted by atomic mass is 9.98. The summed E-state index contributed by atoms with van der Waals surface area (Å²) in [6.07, 6.45) is 1.32. The Morgan fingerprint density at radius 2 is 2.00 bits per heavy atom. The number of nitrogens with one attached hydrogen (secondary N) is 1. The number of hydrogen-bond acceptors (Lipinski definition) is 4. The van der Waals surface area contributed by atoms with Crippen molar-refractivity contribution in [2.75, 3.05) is 32.5 Å². The Labute approximate surface area is 150 Å². The molecule has 8 heteroatoms. The Balaban J connectivity index is 2.09. The van der Waals surface area contributed by atoms with Crippen molar-refractivity contribution in [3.63, 3.8) is 0 Å². The third kappa shape index (κ3) is 4.93. The van der Waals surface area contributed by atoms with E-state index in [1.165, 1.54) is 22.7 Å². The molecule has 1 amide bonds. The quantitative estimate of drug-likeness (QED) is 0.831. The normalized spacial score (nSPS) is 19.2. The van der Waals surface area contributed by atoms with Gasteiger partial charge in [-0.05, 0) is 38.8 Å². The van der Waals surface area contributed by atoms with Crippen LogP contribution in [0.2, 0.25) is 0 Å². The van der Waals surface area contributed by atoms with E-state index in [-0.39, 0.29) is 24.5 Å². The molecule has 2 rings (SSSR count). The van der Waals surface area contributed by atoms with Gasteiger partial charge in [-0.1, -0.05) is 12.1 Å². The highest BCUT2D eigenvalue weighted by molar-refractivity contribution is 7.86. The number of ether oxygens (including phenoxy) is 1. The SMILES string of the molecule is CC(C)Oc1ccccc1NC(=O)C1CCCN(S(=O)(=O)N(C)C)C1. The van der Waals surface area contributed by atoms with Crippen LogP contribution in [-0.2, 0) is 15.0 Å². The van der Waals surface area contributed by atoms with E-state index in [9.17, 15) is 13.2 Å². The van der Waals surface area contributed by atoms with Gasteiger partial charge in [0.1, 0.15) is 5.75 Å². The van der Waals surface area contributed by atoms with Gasteiger partial charge in [-0.25, -0.2) is 0 Å². The lowest BCUT2D eigenvalue weighted by Gasteiger charge is -2.32. The summed E-state index contributed by atoms with van der Waals surface area (Å²) in [5, 5.41) is 2.89. The van der Waals surface area contributed by atoms with Crippen molar-refractivity contribution in [1.29, 1.82) is 0 Å². The number of nitrogens with zero attached hydrogens (tertiary/aromatic N) is 2. The third-order valence-corrected chi connectivity index (χ3v) is 5.96. The standard InChI is InChI=1S/C17H27N3O4S/c1-13(2)24-16-10-6-5-9-15(16)18-17(21)14-8-7-11-20(12-14)25(22,23)19(3)4/h5-6,9-10,13-14H,7-8,11-12H2,1-4H3,(H,18,21). The Hall–Kier alpha value is -1.64. The Morgan fingerprint density at radius 3 is 2.64 bits per heavy atom. The smallest absolute Gasteiger partial charge is 0.281 e. The molecule has 0 aliphatic carbocycles. The van der Waals surface area contributed by atoms with Crippen LogP contribution in [0.4, 0.5) is 5.69 Å². The van der Waals surface area contributed by atoms with Gasteiger partial charge in [0.05, 0.1) is 17.7 Å². The number of carbonyl (C=O) groups excluding carboxylic acids is 1. The van der Waals surface area contributed by atoms with Gasteiger partial charge in [-0.15, -0.1) is 0 Å². The lowest BCUT2D eigenvalue weighted by molar-refractivity contribution is -0.120. The van der Waals surface area contributed by atoms with Gasteiger partial charge in [0.15, 0.2) is 0 Å². The van der Waals surface area contributed by atoms with Crippen LogP contribution in [0, 0.1) is 5.92 Å². The molecule has 0 saturated carbocycles. The molecule has 1 atom stereocenters. The molecular weight excluding hydrogens is 342 g/mol. The van der Waals surface area contributed by atoms with E-state index >= 15 is 0 Å². The number of hydrogen-bond donors (Lipinski definition) is 1. The lowest BCUT2D eigenvalue weighted by Crippen LogP contribution is -2.47. The summed E-state index contributed by atoms with van der Waals surface area (Å²) in [5.74, 6) is 0.0495. The molecule has 0 radical (unpaired) electrons. The molecule has 1 aliphatic rings. The Kier molecular flexibility index (Phi) is 6.42. The largest absolute Gasteiger partial charge is 0.489 e. The van der Waals surface area contributed by atoms with E-state index in [1.54, 1.807) is 12.1 Å². The maximum Gasteiger partial charge on any atom is 0.281 e. The molecule has 1 heterocycles. The van der Waals surface area contributed by atoms with Gasteiger partial charge in [0, 0.05) is 27.2 Å². The molecule has 1 aromatic carbocycles. The zero-order valence-electron chi connectivity index (χ0n) is 15.2. The fourth-order valence-electron chi connectivity index (χ4n) is 2.76. The highest BCUT2D eigenvalue weighted by Gasteiger charge is 2.33.